The zero-order valence-corrected chi connectivity index (χ0v) is 14.4. The van der Waals surface area contributed by atoms with E-state index in [1.54, 1.807) is 0 Å². The van der Waals surface area contributed by atoms with Crippen LogP contribution in [0.25, 0.3) is 0 Å². The van der Waals surface area contributed by atoms with Gasteiger partial charge in [-0.1, -0.05) is 11.6 Å². The van der Waals surface area contributed by atoms with Gasteiger partial charge in [0.25, 0.3) is 0 Å². The number of hydrogen-bond acceptors (Lipinski definition) is 5. The van der Waals surface area contributed by atoms with Crippen molar-refractivity contribution in [1.82, 2.24) is 0 Å². The number of Topliss-reactive ketones (excluding diaryl/α,β-unsaturated/α-hetero) is 2. The van der Waals surface area contributed by atoms with Gasteiger partial charge in [-0.15, -0.1) is 11.6 Å². The van der Waals surface area contributed by atoms with E-state index in [2.05, 4.69) is 0 Å². The van der Waals surface area contributed by atoms with E-state index in [9.17, 15) is 22.8 Å². The maximum absolute atomic E-state index is 12.2. The zero-order valence-electron chi connectivity index (χ0n) is 12.1. The summed E-state index contributed by atoms with van der Waals surface area (Å²) in [5, 5.41) is 6.88. The summed E-state index contributed by atoms with van der Waals surface area (Å²) in [4.78, 5) is 34.3. The van der Waals surface area contributed by atoms with Crippen molar-refractivity contribution in [2.45, 2.75) is 29.5 Å². The zero-order chi connectivity index (χ0) is 17.8. The number of halogens is 2. The summed E-state index contributed by atoms with van der Waals surface area (Å²) in [6.45, 7) is 0. The number of benzene rings is 1. The van der Waals surface area contributed by atoms with Gasteiger partial charge in [0.15, 0.2) is 26.8 Å². The molecule has 1 unspecified atom stereocenters. The summed E-state index contributed by atoms with van der Waals surface area (Å²) in [7, 11) is -3.48. The van der Waals surface area contributed by atoms with Gasteiger partial charge in [-0.25, -0.2) is 8.42 Å². The molecule has 23 heavy (non-hydrogen) atoms. The number of aliphatic carboxylic acids is 1. The van der Waals surface area contributed by atoms with Crippen molar-refractivity contribution in [1.29, 1.82) is 0 Å². The van der Waals surface area contributed by atoms with Crippen LogP contribution in [0.3, 0.4) is 0 Å². The van der Waals surface area contributed by atoms with E-state index in [0.29, 0.717) is 0 Å². The average Bonchev–Trinajstić information content (AvgIpc) is 2.44. The molecule has 126 valence electrons. The number of hydrogen-bond donors (Lipinski definition) is 1. The Bertz CT molecular complexity index is 742. The second-order valence-electron chi connectivity index (χ2n) is 4.85. The molecule has 1 aromatic rings. The predicted molar refractivity (Wildman–Crippen MR) is 85.0 cm³/mol. The number of sulfone groups is 1. The molecule has 0 spiro atoms. The molecule has 0 aliphatic heterocycles. The minimum atomic E-state index is -3.48. The topological polar surface area (TPSA) is 106 Å². The molecule has 0 bridgehead atoms. The van der Waals surface area contributed by atoms with Crippen molar-refractivity contribution < 1.29 is 27.9 Å². The lowest BCUT2D eigenvalue weighted by Gasteiger charge is -2.10. The van der Waals surface area contributed by atoms with Crippen LogP contribution in [0, 0.1) is 0 Å². The summed E-state index contributed by atoms with van der Waals surface area (Å²) in [5.41, 5.74) is -0.0642. The Balaban J connectivity index is 2.88. The number of rotatable bonds is 8. The number of carboxylic acid groups (broad SMARTS) is 1. The first-order chi connectivity index (χ1) is 10.5. The minimum absolute atomic E-state index is 0.0574. The molecule has 0 saturated heterocycles. The monoisotopic (exact) mass is 380 g/mol. The molecule has 0 radical (unpaired) electrons. The van der Waals surface area contributed by atoms with Crippen LogP contribution < -0.4 is 0 Å². The van der Waals surface area contributed by atoms with E-state index in [-0.39, 0.29) is 34.7 Å². The molecule has 0 amide bonds. The van der Waals surface area contributed by atoms with Gasteiger partial charge in [-0.3, -0.25) is 14.4 Å². The largest absolute Gasteiger partial charge is 0.481 e. The standard InChI is InChI=1S/C14H14Cl2O6S/c1-23(21,22)8-5-6-9(10(15)7-8)14(20)13(16)11(17)3-2-4-12(18)19/h5-7,13H,2-4H2,1H3,(H,18,19). The highest BCUT2D eigenvalue weighted by molar-refractivity contribution is 7.90. The van der Waals surface area contributed by atoms with Gasteiger partial charge in [-0.2, -0.15) is 0 Å². The van der Waals surface area contributed by atoms with Crippen molar-refractivity contribution in [3.8, 4) is 0 Å². The number of carbonyl (C=O) groups excluding carboxylic acids is 2. The van der Waals surface area contributed by atoms with Crippen molar-refractivity contribution >= 4 is 50.6 Å². The van der Waals surface area contributed by atoms with Gasteiger partial charge in [0, 0.05) is 24.7 Å². The average molecular weight is 381 g/mol. The van der Waals surface area contributed by atoms with Gasteiger partial charge in [0.1, 0.15) is 0 Å². The van der Waals surface area contributed by atoms with Crippen LogP contribution >= 0.6 is 23.2 Å². The fourth-order valence-corrected chi connectivity index (χ4v) is 2.96. The highest BCUT2D eigenvalue weighted by atomic mass is 35.5. The van der Waals surface area contributed by atoms with E-state index in [1.165, 1.54) is 12.1 Å². The summed E-state index contributed by atoms with van der Waals surface area (Å²) in [6, 6.07) is 3.51. The fourth-order valence-electron chi connectivity index (χ4n) is 1.75. The Labute approximate surface area is 143 Å². The highest BCUT2D eigenvalue weighted by Gasteiger charge is 2.27. The van der Waals surface area contributed by atoms with Crippen LogP contribution in [0.1, 0.15) is 29.6 Å². The summed E-state index contributed by atoms with van der Waals surface area (Å²) >= 11 is 11.7. The van der Waals surface area contributed by atoms with Crippen LogP contribution in [0.15, 0.2) is 23.1 Å². The maximum atomic E-state index is 12.2. The smallest absolute Gasteiger partial charge is 0.303 e. The molecule has 0 fully saturated rings. The summed E-state index contributed by atoms with van der Waals surface area (Å²) in [5.74, 6) is -2.41. The van der Waals surface area contributed by atoms with Crippen LogP contribution in [-0.2, 0) is 19.4 Å². The van der Waals surface area contributed by atoms with E-state index in [1.807, 2.05) is 0 Å². The number of alkyl halides is 1. The van der Waals surface area contributed by atoms with Crippen LogP contribution in [0.2, 0.25) is 5.02 Å². The molecule has 0 aliphatic carbocycles. The van der Waals surface area contributed by atoms with Crippen LogP contribution in [-0.4, -0.2) is 42.7 Å². The molecule has 0 saturated carbocycles. The van der Waals surface area contributed by atoms with Crippen molar-refractivity contribution in [2.24, 2.45) is 0 Å². The van der Waals surface area contributed by atoms with Crippen molar-refractivity contribution in [3.05, 3.63) is 28.8 Å². The number of ketones is 2. The second-order valence-corrected chi connectivity index (χ2v) is 7.71. The third-order valence-corrected chi connectivity index (χ3v) is 4.83. The Morgan fingerprint density at radius 3 is 2.30 bits per heavy atom. The molecular weight excluding hydrogens is 367 g/mol. The minimum Gasteiger partial charge on any atom is -0.481 e. The molecule has 1 atom stereocenters. The Morgan fingerprint density at radius 2 is 1.83 bits per heavy atom. The molecular formula is C14H14Cl2O6S. The van der Waals surface area contributed by atoms with Crippen LogP contribution in [0.4, 0.5) is 0 Å². The van der Waals surface area contributed by atoms with Crippen molar-refractivity contribution in [2.75, 3.05) is 6.26 Å². The van der Waals surface area contributed by atoms with Gasteiger partial charge < -0.3 is 5.11 Å². The fraction of sp³-hybridized carbons (Fsp3) is 0.357. The third kappa shape index (κ3) is 5.60. The first kappa shape index (κ1) is 19.6. The Morgan fingerprint density at radius 1 is 1.22 bits per heavy atom. The highest BCUT2D eigenvalue weighted by Crippen LogP contribution is 2.24. The summed E-state index contributed by atoms with van der Waals surface area (Å²) in [6.07, 6.45) is 0.723. The third-order valence-electron chi connectivity index (χ3n) is 2.96. The number of carboxylic acids is 1. The quantitative estimate of drug-likeness (QED) is 0.421. The number of carbonyl (C=O) groups is 3. The van der Waals surface area contributed by atoms with Gasteiger partial charge in [0.05, 0.1) is 9.92 Å². The van der Waals surface area contributed by atoms with Crippen molar-refractivity contribution in [3.63, 3.8) is 0 Å². The molecule has 6 nitrogen and oxygen atoms in total. The molecule has 0 aliphatic rings. The molecule has 1 rings (SSSR count). The van der Waals surface area contributed by atoms with E-state index in [4.69, 9.17) is 28.3 Å². The lowest BCUT2D eigenvalue weighted by molar-refractivity contribution is -0.137. The lowest BCUT2D eigenvalue weighted by atomic mass is 10.0. The molecule has 0 aromatic heterocycles. The molecule has 1 N–H and O–H groups in total. The van der Waals surface area contributed by atoms with Gasteiger partial charge in [0.2, 0.25) is 0 Å². The molecule has 9 heteroatoms. The molecule has 0 heterocycles. The SMILES string of the molecule is CS(=O)(=O)c1ccc(C(=O)C(Cl)C(=O)CCCC(=O)O)c(Cl)c1. The summed E-state index contributed by atoms with van der Waals surface area (Å²) < 4.78 is 22.8. The van der Waals surface area contributed by atoms with E-state index >= 15 is 0 Å². The first-order valence-corrected chi connectivity index (χ1v) is 9.17. The first-order valence-electron chi connectivity index (χ1n) is 6.46. The predicted octanol–water partition coefficient (Wildman–Crippen LogP) is 2.36. The van der Waals surface area contributed by atoms with E-state index in [0.717, 1.165) is 12.3 Å². The van der Waals surface area contributed by atoms with Crippen LogP contribution in [0.5, 0.6) is 0 Å². The Hall–Kier alpha value is -1.44. The normalized spacial score (nSPS) is 12.7. The maximum Gasteiger partial charge on any atom is 0.303 e. The Kier molecular flexibility index (Phi) is 6.73. The molecule has 1 aromatic carbocycles. The lowest BCUT2D eigenvalue weighted by Crippen LogP contribution is -2.25. The van der Waals surface area contributed by atoms with Gasteiger partial charge >= 0.3 is 5.97 Å². The van der Waals surface area contributed by atoms with E-state index < -0.39 is 32.8 Å². The second kappa shape index (κ2) is 7.90. The van der Waals surface area contributed by atoms with Gasteiger partial charge in [-0.05, 0) is 24.6 Å².